The Labute approximate surface area is 254 Å². The normalized spacial score (nSPS) is 17.1. The van der Waals surface area contributed by atoms with Gasteiger partial charge >= 0.3 is 0 Å². The van der Waals surface area contributed by atoms with Crippen LogP contribution in [0, 0.1) is 29.2 Å². The van der Waals surface area contributed by atoms with Gasteiger partial charge in [0.2, 0.25) is 5.82 Å². The van der Waals surface area contributed by atoms with Crippen molar-refractivity contribution in [1.29, 1.82) is 0 Å². The highest BCUT2D eigenvalue weighted by atomic mass is 19.2. The Morgan fingerprint density at radius 1 is 0.744 bits per heavy atom. The van der Waals surface area contributed by atoms with Crippen LogP contribution in [0.3, 0.4) is 0 Å². The molecular weight excluding hydrogens is 552 g/mol. The highest BCUT2D eigenvalue weighted by Gasteiger charge is 2.27. The third-order valence-electron chi connectivity index (χ3n) is 8.37. The Kier molecular flexibility index (Phi) is 12.7. The molecule has 0 spiro atoms. The fourth-order valence-electron chi connectivity index (χ4n) is 5.75. The van der Waals surface area contributed by atoms with Gasteiger partial charge < -0.3 is 9.47 Å². The van der Waals surface area contributed by atoms with Crippen LogP contribution in [0.1, 0.15) is 96.1 Å². The maximum atomic E-state index is 15.2. The van der Waals surface area contributed by atoms with Crippen LogP contribution in [-0.2, 0) is 4.74 Å². The molecule has 0 N–H and O–H groups in total. The van der Waals surface area contributed by atoms with E-state index in [2.05, 4.69) is 13.0 Å². The second kappa shape index (κ2) is 16.7. The molecule has 4 rings (SSSR count). The van der Waals surface area contributed by atoms with Crippen LogP contribution >= 0.6 is 0 Å². The molecule has 0 amide bonds. The van der Waals surface area contributed by atoms with Crippen molar-refractivity contribution in [3.05, 3.63) is 89.5 Å². The van der Waals surface area contributed by atoms with Crippen molar-refractivity contribution in [2.75, 3.05) is 13.2 Å². The van der Waals surface area contributed by atoms with E-state index in [9.17, 15) is 8.78 Å². The van der Waals surface area contributed by atoms with Gasteiger partial charge in [-0.3, -0.25) is 0 Å². The van der Waals surface area contributed by atoms with Gasteiger partial charge in [0.15, 0.2) is 23.2 Å². The fourth-order valence-corrected chi connectivity index (χ4v) is 5.75. The largest absolute Gasteiger partial charge is 0.490 e. The van der Waals surface area contributed by atoms with Crippen LogP contribution < -0.4 is 4.74 Å². The average molecular weight is 597 g/mol. The topological polar surface area (TPSA) is 18.5 Å². The third-order valence-corrected chi connectivity index (χ3v) is 8.37. The molecule has 0 bridgehead atoms. The summed E-state index contributed by atoms with van der Waals surface area (Å²) >= 11 is 0. The second-order valence-corrected chi connectivity index (χ2v) is 11.5. The van der Waals surface area contributed by atoms with Crippen molar-refractivity contribution in [2.45, 2.75) is 90.6 Å². The minimum Gasteiger partial charge on any atom is -0.490 e. The third kappa shape index (κ3) is 8.72. The minimum atomic E-state index is -1.03. The molecule has 0 saturated carbocycles. The smallest absolute Gasteiger partial charge is 0.201 e. The van der Waals surface area contributed by atoms with Crippen LogP contribution in [0.2, 0.25) is 0 Å². The van der Waals surface area contributed by atoms with Gasteiger partial charge in [0, 0.05) is 16.7 Å². The first-order valence-electron chi connectivity index (χ1n) is 15.9. The van der Waals surface area contributed by atoms with E-state index in [1.807, 2.05) is 13.0 Å². The first-order valence-corrected chi connectivity index (χ1v) is 15.9. The fraction of sp³-hybridized carbons (Fsp3) is 0.459. The molecule has 0 aliphatic carbocycles. The molecule has 3 aromatic carbocycles. The molecule has 1 saturated heterocycles. The van der Waals surface area contributed by atoms with Gasteiger partial charge in [-0.2, -0.15) is 4.39 Å². The van der Waals surface area contributed by atoms with Gasteiger partial charge in [-0.1, -0.05) is 94.0 Å². The molecule has 2 unspecified atom stereocenters. The van der Waals surface area contributed by atoms with E-state index < -0.39 is 29.4 Å². The van der Waals surface area contributed by atoms with Crippen molar-refractivity contribution < 1.29 is 27.0 Å². The Morgan fingerprint density at radius 3 is 2.00 bits per heavy atom. The summed E-state index contributed by atoms with van der Waals surface area (Å²) in [6.45, 7) is 5.05. The monoisotopic (exact) mass is 596 g/mol. The van der Waals surface area contributed by atoms with Gasteiger partial charge in [0.05, 0.1) is 19.3 Å². The molecule has 1 fully saturated rings. The van der Waals surface area contributed by atoms with E-state index in [1.54, 1.807) is 36.4 Å². The van der Waals surface area contributed by atoms with Gasteiger partial charge in [-0.25, -0.2) is 13.2 Å². The zero-order chi connectivity index (χ0) is 30.6. The lowest BCUT2D eigenvalue weighted by atomic mass is 9.90. The molecular formula is C37H44F4O2. The summed E-state index contributed by atoms with van der Waals surface area (Å²) in [7, 11) is 0. The van der Waals surface area contributed by atoms with Crippen LogP contribution in [0.15, 0.2) is 60.7 Å². The average Bonchev–Trinajstić information content (AvgIpc) is 3.02. The van der Waals surface area contributed by atoms with E-state index in [4.69, 9.17) is 9.47 Å². The van der Waals surface area contributed by atoms with E-state index in [-0.39, 0.29) is 22.4 Å². The van der Waals surface area contributed by atoms with E-state index in [0.717, 1.165) is 38.5 Å². The number of ether oxygens (including phenoxy) is 2. The molecule has 0 radical (unpaired) electrons. The first kappa shape index (κ1) is 32.8. The number of unbranched alkanes of at least 4 members (excludes halogenated alkanes) is 6. The quantitative estimate of drug-likeness (QED) is 0.0987. The van der Waals surface area contributed by atoms with Crippen LogP contribution in [0.4, 0.5) is 17.6 Å². The Hall–Kier alpha value is -3.12. The highest BCUT2D eigenvalue weighted by Crippen LogP contribution is 2.37. The van der Waals surface area contributed by atoms with Crippen LogP contribution in [0.5, 0.6) is 5.75 Å². The zero-order valence-corrected chi connectivity index (χ0v) is 25.4. The first-order chi connectivity index (χ1) is 20.9. The molecule has 1 aliphatic heterocycles. The van der Waals surface area contributed by atoms with Crippen LogP contribution in [-0.4, -0.2) is 13.2 Å². The van der Waals surface area contributed by atoms with E-state index in [0.29, 0.717) is 36.7 Å². The maximum absolute atomic E-state index is 15.2. The lowest BCUT2D eigenvalue weighted by Crippen LogP contribution is -2.21. The molecule has 0 aromatic heterocycles. The number of allylic oxidation sites excluding steroid dienone is 2. The van der Waals surface area contributed by atoms with Gasteiger partial charge in [-0.05, 0) is 68.2 Å². The van der Waals surface area contributed by atoms with Crippen molar-refractivity contribution in [3.8, 4) is 28.0 Å². The van der Waals surface area contributed by atoms with Crippen molar-refractivity contribution in [1.82, 2.24) is 0 Å². The predicted molar refractivity (Wildman–Crippen MR) is 166 cm³/mol. The molecule has 43 heavy (non-hydrogen) atoms. The standard InChI is InChI=1S/C37H44F4O2/c1-3-5-7-8-9-10-12-24-42-33-23-21-30(35(39)37(33)41)28-17-15-27(16-18-28)29-19-20-31(36(40)34(29)38)32-22-14-26(25-43-32)13-11-6-4-2/h4,6,15-21,23,26,32H,3,5,7-14,22,24-25H2,1-2H3/b6-4+. The number of rotatable bonds is 15. The summed E-state index contributed by atoms with van der Waals surface area (Å²) < 4.78 is 71.6. The number of benzene rings is 3. The Morgan fingerprint density at radius 2 is 1.37 bits per heavy atom. The number of hydrogen-bond donors (Lipinski definition) is 0. The minimum absolute atomic E-state index is 0.0767. The molecule has 3 aromatic rings. The maximum Gasteiger partial charge on any atom is 0.201 e. The summed E-state index contributed by atoms with van der Waals surface area (Å²) in [6, 6.07) is 12.4. The zero-order valence-electron chi connectivity index (χ0n) is 25.4. The Balaban J connectivity index is 1.37. The highest BCUT2D eigenvalue weighted by molar-refractivity contribution is 5.71. The number of halogens is 4. The van der Waals surface area contributed by atoms with Gasteiger partial charge in [0.1, 0.15) is 0 Å². The Bertz CT molecular complexity index is 1330. The lowest BCUT2D eigenvalue weighted by Gasteiger charge is -2.29. The van der Waals surface area contributed by atoms with Crippen molar-refractivity contribution in [2.24, 2.45) is 5.92 Å². The lowest BCUT2D eigenvalue weighted by molar-refractivity contribution is -0.0210. The summed E-state index contributed by atoms with van der Waals surface area (Å²) in [5, 5.41) is 0. The van der Waals surface area contributed by atoms with Crippen LogP contribution in [0.25, 0.3) is 22.3 Å². The molecule has 1 aliphatic rings. The van der Waals surface area contributed by atoms with Gasteiger partial charge in [-0.15, -0.1) is 0 Å². The molecule has 2 nitrogen and oxygen atoms in total. The van der Waals surface area contributed by atoms with E-state index >= 15 is 8.78 Å². The molecule has 2 atom stereocenters. The number of hydrogen-bond acceptors (Lipinski definition) is 2. The molecule has 6 heteroatoms. The summed E-state index contributed by atoms with van der Waals surface area (Å²) in [5.41, 5.74) is 1.28. The van der Waals surface area contributed by atoms with E-state index in [1.165, 1.54) is 37.8 Å². The molecule has 232 valence electrons. The second-order valence-electron chi connectivity index (χ2n) is 11.5. The summed E-state index contributed by atoms with van der Waals surface area (Å²) in [5.74, 6) is -3.55. The van der Waals surface area contributed by atoms with Crippen molar-refractivity contribution >= 4 is 0 Å². The molecule has 1 heterocycles. The SMILES string of the molecule is C/C=C/CCC1CCC(c2ccc(-c3ccc(-c4ccc(OCCCCCCCCC)c(F)c4F)cc3)c(F)c2F)OC1. The predicted octanol–water partition coefficient (Wildman–Crippen LogP) is 11.5. The summed E-state index contributed by atoms with van der Waals surface area (Å²) in [6.07, 6.45) is 15.0. The van der Waals surface area contributed by atoms with Crippen molar-refractivity contribution in [3.63, 3.8) is 0 Å². The summed E-state index contributed by atoms with van der Waals surface area (Å²) in [4.78, 5) is 0. The van der Waals surface area contributed by atoms with Gasteiger partial charge in [0.25, 0.3) is 0 Å².